The van der Waals surface area contributed by atoms with Gasteiger partial charge in [0.2, 0.25) is 5.91 Å². The van der Waals surface area contributed by atoms with Crippen LogP contribution in [-0.2, 0) is 28.6 Å². The van der Waals surface area contributed by atoms with Gasteiger partial charge in [-0.05, 0) is 40.0 Å². The highest BCUT2D eigenvalue weighted by Gasteiger charge is 2.26. The van der Waals surface area contributed by atoms with Gasteiger partial charge in [0.15, 0.2) is 0 Å². The van der Waals surface area contributed by atoms with Gasteiger partial charge in [-0.1, -0.05) is 0 Å². The van der Waals surface area contributed by atoms with E-state index in [0.29, 0.717) is 32.5 Å². The van der Waals surface area contributed by atoms with E-state index in [2.05, 4.69) is 10.6 Å². The smallest absolute Gasteiger partial charge is 0.329 e. The van der Waals surface area contributed by atoms with Crippen molar-refractivity contribution < 1.29 is 38.5 Å². The number of nitrogens with zero attached hydrogens (tertiary/aromatic N) is 1. The van der Waals surface area contributed by atoms with Gasteiger partial charge in [-0.25, -0.2) is 9.59 Å². The van der Waals surface area contributed by atoms with E-state index in [0.717, 1.165) is 0 Å². The van der Waals surface area contributed by atoms with Crippen molar-refractivity contribution in [3.8, 4) is 0 Å². The normalized spacial score (nSPS) is 15.6. The van der Waals surface area contributed by atoms with Crippen LogP contribution in [0.25, 0.3) is 0 Å². The SMILES string of the molecule is CC(C)(C)OC(=O)[C@@H](N)CCC(=O)N1CCC(NC(=O)NCCOCCOCC(=O)O)CC1. The first kappa shape index (κ1) is 28.6. The Bertz CT molecular complexity index is 645. The largest absolute Gasteiger partial charge is 0.480 e. The maximum Gasteiger partial charge on any atom is 0.329 e. The molecule has 33 heavy (non-hydrogen) atoms. The highest BCUT2D eigenvalue weighted by molar-refractivity contribution is 5.79. The Kier molecular flexibility index (Phi) is 12.7. The van der Waals surface area contributed by atoms with Crippen molar-refractivity contribution in [1.29, 1.82) is 0 Å². The van der Waals surface area contributed by atoms with Gasteiger partial charge in [0.1, 0.15) is 18.2 Å². The van der Waals surface area contributed by atoms with E-state index in [4.69, 9.17) is 25.1 Å². The molecule has 0 radical (unpaired) electrons. The fourth-order valence-electron chi connectivity index (χ4n) is 3.06. The molecule has 0 aromatic carbocycles. The minimum atomic E-state index is -1.04. The molecule has 0 bridgehead atoms. The van der Waals surface area contributed by atoms with E-state index in [9.17, 15) is 19.2 Å². The minimum absolute atomic E-state index is 0.0385. The van der Waals surface area contributed by atoms with Crippen LogP contribution >= 0.6 is 0 Å². The summed E-state index contributed by atoms with van der Waals surface area (Å²) in [6, 6.07) is -1.19. The molecule has 1 fully saturated rings. The maximum absolute atomic E-state index is 12.4. The molecular formula is C21H38N4O8. The number of hydrogen-bond acceptors (Lipinski definition) is 8. The molecule has 0 unspecified atom stereocenters. The second-order valence-corrected chi connectivity index (χ2v) is 8.79. The number of hydrogen-bond donors (Lipinski definition) is 4. The molecule has 1 heterocycles. The molecule has 190 valence electrons. The number of nitrogens with one attached hydrogen (secondary N) is 2. The topological polar surface area (TPSA) is 170 Å². The second kappa shape index (κ2) is 14.7. The summed E-state index contributed by atoms with van der Waals surface area (Å²) in [6.45, 7) is 6.95. The molecule has 5 N–H and O–H groups in total. The van der Waals surface area contributed by atoms with Gasteiger partial charge in [0, 0.05) is 32.1 Å². The Balaban J connectivity index is 2.14. The summed E-state index contributed by atoms with van der Waals surface area (Å²) in [6.07, 6.45) is 1.66. The first-order valence-electron chi connectivity index (χ1n) is 11.2. The number of rotatable bonds is 13. The van der Waals surface area contributed by atoms with E-state index in [1.165, 1.54) is 0 Å². The molecule has 0 spiro atoms. The van der Waals surface area contributed by atoms with Crippen molar-refractivity contribution in [3.63, 3.8) is 0 Å². The van der Waals surface area contributed by atoms with Crippen LogP contribution in [0, 0.1) is 0 Å². The third kappa shape index (κ3) is 13.6. The third-order valence-electron chi connectivity index (χ3n) is 4.69. The van der Waals surface area contributed by atoms with Gasteiger partial charge < -0.3 is 40.6 Å². The van der Waals surface area contributed by atoms with Crippen molar-refractivity contribution in [2.45, 2.75) is 64.1 Å². The highest BCUT2D eigenvalue weighted by Crippen LogP contribution is 2.14. The Morgan fingerprint density at radius 3 is 2.33 bits per heavy atom. The monoisotopic (exact) mass is 474 g/mol. The number of esters is 1. The highest BCUT2D eigenvalue weighted by atomic mass is 16.6. The number of carboxylic acid groups (broad SMARTS) is 1. The summed E-state index contributed by atoms with van der Waals surface area (Å²) in [5.74, 6) is -1.62. The molecule has 1 rings (SSSR count). The average molecular weight is 475 g/mol. The van der Waals surface area contributed by atoms with Crippen molar-refractivity contribution in [3.05, 3.63) is 0 Å². The van der Waals surface area contributed by atoms with Gasteiger partial charge in [0.25, 0.3) is 0 Å². The van der Waals surface area contributed by atoms with E-state index >= 15 is 0 Å². The van der Waals surface area contributed by atoms with Crippen LogP contribution in [0.3, 0.4) is 0 Å². The van der Waals surface area contributed by atoms with Crippen molar-refractivity contribution >= 4 is 23.9 Å². The summed E-state index contributed by atoms with van der Waals surface area (Å²) in [7, 11) is 0. The number of urea groups is 1. The number of carboxylic acids is 1. The van der Waals surface area contributed by atoms with E-state index < -0.39 is 23.6 Å². The van der Waals surface area contributed by atoms with Crippen LogP contribution in [0.1, 0.15) is 46.5 Å². The molecular weight excluding hydrogens is 436 g/mol. The Morgan fingerprint density at radius 1 is 1.09 bits per heavy atom. The molecule has 12 heteroatoms. The first-order valence-corrected chi connectivity index (χ1v) is 11.2. The lowest BCUT2D eigenvalue weighted by Gasteiger charge is -2.32. The molecule has 0 saturated carbocycles. The molecule has 1 aliphatic heterocycles. The standard InChI is InChI=1S/C21H38N4O8/c1-21(2,3)33-19(29)16(22)4-5-17(26)25-9-6-15(7-10-25)24-20(30)23-8-11-31-12-13-32-14-18(27)28/h15-16H,4-14,22H2,1-3H3,(H,27,28)(H2,23,24,30)/t16-/m0/s1. The van der Waals surface area contributed by atoms with Crippen LogP contribution in [0.2, 0.25) is 0 Å². The lowest BCUT2D eigenvalue weighted by atomic mass is 10.0. The number of carbonyl (C=O) groups is 4. The van der Waals surface area contributed by atoms with Crippen LogP contribution < -0.4 is 16.4 Å². The Morgan fingerprint density at radius 2 is 1.73 bits per heavy atom. The van der Waals surface area contributed by atoms with Crippen molar-refractivity contribution in [2.75, 3.05) is 46.1 Å². The number of piperidine rings is 1. The predicted molar refractivity (Wildman–Crippen MR) is 118 cm³/mol. The molecule has 0 aromatic heterocycles. The summed E-state index contributed by atoms with van der Waals surface area (Å²) in [4.78, 5) is 48.3. The Hall–Kier alpha value is -2.44. The zero-order valence-corrected chi connectivity index (χ0v) is 19.8. The summed E-state index contributed by atoms with van der Waals surface area (Å²) < 4.78 is 15.3. The summed E-state index contributed by atoms with van der Waals surface area (Å²) in [5, 5.41) is 14.0. The molecule has 1 atom stereocenters. The van der Waals surface area contributed by atoms with Gasteiger partial charge in [-0.2, -0.15) is 0 Å². The predicted octanol–water partition coefficient (Wildman–Crippen LogP) is -0.156. The molecule has 12 nitrogen and oxygen atoms in total. The summed E-state index contributed by atoms with van der Waals surface area (Å²) >= 11 is 0. The van der Waals surface area contributed by atoms with Crippen LogP contribution in [-0.4, -0.2) is 97.6 Å². The van der Waals surface area contributed by atoms with Gasteiger partial charge in [0.05, 0.1) is 19.8 Å². The third-order valence-corrected chi connectivity index (χ3v) is 4.69. The van der Waals surface area contributed by atoms with Crippen LogP contribution in [0.5, 0.6) is 0 Å². The van der Waals surface area contributed by atoms with E-state index in [-0.39, 0.29) is 57.2 Å². The Labute approximate surface area is 194 Å². The van der Waals surface area contributed by atoms with Gasteiger partial charge >= 0.3 is 18.0 Å². The zero-order valence-electron chi connectivity index (χ0n) is 19.8. The molecule has 3 amide bonds. The minimum Gasteiger partial charge on any atom is -0.480 e. The quantitative estimate of drug-likeness (QED) is 0.209. The lowest BCUT2D eigenvalue weighted by Crippen LogP contribution is -2.49. The van der Waals surface area contributed by atoms with E-state index in [1.807, 2.05) is 0 Å². The van der Waals surface area contributed by atoms with Crippen LogP contribution in [0.4, 0.5) is 4.79 Å². The summed E-state index contributed by atoms with van der Waals surface area (Å²) in [5.41, 5.74) is 5.21. The lowest BCUT2D eigenvalue weighted by molar-refractivity contribution is -0.156. The molecule has 0 aromatic rings. The number of likely N-dealkylation sites (tertiary alicyclic amines) is 1. The number of carbonyl (C=O) groups excluding carboxylic acids is 3. The van der Waals surface area contributed by atoms with Crippen LogP contribution in [0.15, 0.2) is 0 Å². The fraction of sp³-hybridized carbons (Fsp3) is 0.810. The van der Waals surface area contributed by atoms with E-state index in [1.54, 1.807) is 25.7 Å². The van der Waals surface area contributed by atoms with Gasteiger partial charge in [-0.15, -0.1) is 0 Å². The number of ether oxygens (including phenoxy) is 3. The number of amides is 3. The first-order chi connectivity index (χ1) is 15.5. The second-order valence-electron chi connectivity index (χ2n) is 8.79. The molecule has 1 saturated heterocycles. The van der Waals surface area contributed by atoms with Gasteiger partial charge in [-0.3, -0.25) is 9.59 Å². The number of nitrogens with two attached hydrogens (primary N) is 1. The zero-order chi connectivity index (χ0) is 24.9. The maximum atomic E-state index is 12.4. The average Bonchev–Trinajstić information content (AvgIpc) is 2.72. The fourth-order valence-corrected chi connectivity index (χ4v) is 3.06. The molecule has 1 aliphatic rings. The molecule has 0 aliphatic carbocycles. The van der Waals surface area contributed by atoms with Crippen molar-refractivity contribution in [2.24, 2.45) is 5.73 Å². The number of aliphatic carboxylic acids is 1. The van der Waals surface area contributed by atoms with Crippen molar-refractivity contribution in [1.82, 2.24) is 15.5 Å².